The summed E-state index contributed by atoms with van der Waals surface area (Å²) < 4.78 is 15.4. The maximum Gasteiger partial charge on any atom is 0.253 e. The lowest BCUT2D eigenvalue weighted by molar-refractivity contribution is -0.117. The van der Waals surface area contributed by atoms with Gasteiger partial charge in [0.25, 0.3) is 5.91 Å². The van der Waals surface area contributed by atoms with Gasteiger partial charge in [0.1, 0.15) is 0 Å². The molecule has 0 aliphatic rings. The summed E-state index contributed by atoms with van der Waals surface area (Å²) in [5.41, 5.74) is 9.88. The van der Waals surface area contributed by atoms with Gasteiger partial charge in [-0.1, -0.05) is 29.3 Å². The summed E-state index contributed by atoms with van der Waals surface area (Å²) in [4.78, 5) is 14.7. The first kappa shape index (κ1) is 9.00. The van der Waals surface area contributed by atoms with Gasteiger partial charge in [-0.2, -0.15) is 4.99 Å². The van der Waals surface area contributed by atoms with E-state index in [-0.39, 0.29) is 15.6 Å². The molecule has 0 heterocycles. The van der Waals surface area contributed by atoms with Crippen LogP contribution < -0.4 is 11.5 Å². The first-order valence-corrected chi connectivity index (χ1v) is 4.61. The number of hydrogen-bond acceptors (Lipinski definition) is 1. The Morgan fingerprint density at radius 1 is 1.40 bits per heavy atom. The zero-order valence-corrected chi connectivity index (χ0v) is 9.01. The van der Waals surface area contributed by atoms with Crippen LogP contribution in [0.25, 0.3) is 0 Å². The molecule has 80 valence electrons. The van der Waals surface area contributed by atoms with Crippen molar-refractivity contribution in [3.05, 3.63) is 33.8 Å². The second-order valence-corrected chi connectivity index (χ2v) is 3.38. The molecule has 0 spiro atoms. The quantitative estimate of drug-likeness (QED) is 0.612. The average molecular weight is 248 g/mol. The van der Waals surface area contributed by atoms with Crippen molar-refractivity contribution in [3.8, 4) is 0 Å². The predicted octanol–water partition coefficient (Wildman–Crippen LogP) is 1.34. The summed E-state index contributed by atoms with van der Waals surface area (Å²) >= 11 is 11.6. The fraction of sp³-hybridized carbons (Fsp3) is 0.111. The van der Waals surface area contributed by atoms with Crippen molar-refractivity contribution in [2.45, 2.75) is 6.37 Å². The Morgan fingerprint density at radius 2 is 1.93 bits per heavy atom. The molecule has 0 aliphatic carbocycles. The number of amides is 1. The molecule has 0 aromatic heterocycles. The van der Waals surface area contributed by atoms with Crippen LogP contribution in [0.2, 0.25) is 10.0 Å². The highest BCUT2D eigenvalue weighted by atomic mass is 35.5. The van der Waals surface area contributed by atoms with Crippen LogP contribution in [0.5, 0.6) is 0 Å². The zero-order chi connectivity index (χ0) is 13.2. The maximum atomic E-state index is 11.5. The van der Waals surface area contributed by atoms with Crippen molar-refractivity contribution in [1.82, 2.24) is 0 Å². The monoisotopic (exact) mass is 247 g/mol. The Morgan fingerprint density at radius 3 is 2.40 bits per heavy atom. The third-order valence-corrected chi connectivity index (χ3v) is 2.06. The van der Waals surface area contributed by atoms with Gasteiger partial charge in [0, 0.05) is 12.8 Å². The first-order valence-electron chi connectivity index (χ1n) is 4.85. The summed E-state index contributed by atoms with van der Waals surface area (Å²) in [6, 6.07) is 4.38. The summed E-state index contributed by atoms with van der Waals surface area (Å²) in [6.45, 7) is 0. The normalized spacial score (nSPS) is 12.7. The van der Waals surface area contributed by atoms with Gasteiger partial charge in [-0.3, -0.25) is 4.79 Å². The number of halogens is 2. The first-order chi connectivity index (χ1) is 7.76. The number of nitrogens with two attached hydrogens (primary N) is 2. The van der Waals surface area contributed by atoms with Crippen molar-refractivity contribution < 1.29 is 7.54 Å². The third kappa shape index (κ3) is 3.42. The van der Waals surface area contributed by atoms with Gasteiger partial charge in [0.05, 0.1) is 6.37 Å². The van der Waals surface area contributed by atoms with E-state index in [0.29, 0.717) is 0 Å². The zero-order valence-electron chi connectivity index (χ0n) is 9.50. The van der Waals surface area contributed by atoms with Crippen molar-refractivity contribution in [1.29, 1.82) is 0 Å². The Hall–Kier alpha value is -1.26. The average Bonchev–Trinajstić information content (AvgIpc) is 2.15. The number of rotatable bonds is 2. The predicted molar refractivity (Wildman–Crippen MR) is 61.0 cm³/mol. The molecule has 4 N–H and O–H groups in total. The van der Waals surface area contributed by atoms with Crippen LogP contribution in [0, 0.1) is 0 Å². The number of hydrogen-bond donors (Lipinski definition) is 2. The van der Waals surface area contributed by atoms with Gasteiger partial charge >= 0.3 is 0 Å². The number of nitrogens with zero attached hydrogens (tertiary/aromatic N) is 1. The molecule has 0 fully saturated rings. The molecule has 15 heavy (non-hydrogen) atoms. The van der Waals surface area contributed by atoms with Gasteiger partial charge in [-0.25, -0.2) is 0 Å². The van der Waals surface area contributed by atoms with Crippen LogP contribution in [0.3, 0.4) is 0 Å². The number of benzene rings is 1. The van der Waals surface area contributed by atoms with E-state index >= 15 is 0 Å². The molecule has 1 aromatic rings. The highest BCUT2D eigenvalue weighted by molar-refractivity contribution is 6.36. The molecule has 6 heteroatoms. The molecule has 1 aromatic carbocycles. The molecular formula is C9H9Cl2N3O. The molecular weight excluding hydrogens is 237 g/mol. The lowest BCUT2D eigenvalue weighted by Gasteiger charge is -2.03. The van der Waals surface area contributed by atoms with Crippen molar-refractivity contribution >= 4 is 35.1 Å². The minimum Gasteiger partial charge on any atom is -0.370 e. The second kappa shape index (κ2) is 5.00. The molecule has 0 aliphatic heterocycles. The lowest BCUT2D eigenvalue weighted by atomic mass is 10.1. The van der Waals surface area contributed by atoms with Gasteiger partial charge in [-0.15, -0.1) is 0 Å². The highest BCUT2D eigenvalue weighted by Gasteiger charge is 2.09. The number of carbonyl (C=O) groups is 1. The molecule has 4 nitrogen and oxygen atoms in total. The summed E-state index contributed by atoms with van der Waals surface area (Å²) in [5.74, 6) is -1.69. The van der Waals surface area contributed by atoms with Gasteiger partial charge < -0.3 is 11.5 Å². The molecule has 0 radical (unpaired) electrons. The van der Waals surface area contributed by atoms with E-state index in [9.17, 15) is 4.79 Å². The molecule has 0 saturated carbocycles. The largest absolute Gasteiger partial charge is 0.370 e. The molecule has 0 unspecified atom stereocenters. The Bertz CT molecular complexity index is 467. The van der Waals surface area contributed by atoms with Crippen LogP contribution in [0.1, 0.15) is 8.30 Å². The van der Waals surface area contributed by atoms with Crippen molar-refractivity contribution in [3.63, 3.8) is 0 Å². The molecule has 0 saturated heterocycles. The van der Waals surface area contributed by atoms with Crippen molar-refractivity contribution in [2.75, 3.05) is 0 Å². The topological polar surface area (TPSA) is 81.5 Å². The summed E-state index contributed by atoms with van der Waals surface area (Å²) in [5, 5.41) is 0.0586. The van der Waals surface area contributed by atoms with Crippen LogP contribution in [0.15, 0.2) is 23.2 Å². The summed E-state index contributed by atoms with van der Waals surface area (Å²) in [7, 11) is 0. The standard InChI is InChI=1S/C9H9Cl2N3O/c10-6-2-1-3-7(11)5(6)4-8(15)14-9(12)13/h1-3H,4H2,(H4,12,13,14,15)/i4D2. The number of aliphatic imine (C=N–C) groups is 1. The summed E-state index contributed by atoms with van der Waals surface area (Å²) in [6.07, 6.45) is -2.49. The van der Waals surface area contributed by atoms with Crippen LogP contribution >= 0.6 is 23.2 Å². The third-order valence-electron chi connectivity index (χ3n) is 1.43. The molecule has 1 amide bonds. The van der Waals surface area contributed by atoms with E-state index in [4.69, 9.17) is 37.4 Å². The second-order valence-electron chi connectivity index (χ2n) is 2.56. The van der Waals surface area contributed by atoms with Crippen molar-refractivity contribution in [2.24, 2.45) is 16.5 Å². The van der Waals surface area contributed by atoms with Crippen LogP contribution in [-0.4, -0.2) is 11.9 Å². The molecule has 1 rings (SSSR count). The van der Waals surface area contributed by atoms with E-state index in [1.807, 2.05) is 0 Å². The van der Waals surface area contributed by atoms with E-state index < -0.39 is 18.2 Å². The van der Waals surface area contributed by atoms with E-state index in [0.717, 1.165) is 0 Å². The Labute approximate surface area is 99.7 Å². The highest BCUT2D eigenvalue weighted by Crippen LogP contribution is 2.24. The Kier molecular flexibility index (Phi) is 3.00. The smallest absolute Gasteiger partial charge is 0.253 e. The van der Waals surface area contributed by atoms with Gasteiger partial charge in [-0.05, 0) is 17.7 Å². The Balaban J connectivity index is 3.31. The SMILES string of the molecule is [2H]C([2H])(C(=O)N=C(N)N)c1c(Cl)cccc1Cl. The lowest BCUT2D eigenvalue weighted by Crippen LogP contribution is -2.24. The van der Waals surface area contributed by atoms with E-state index in [2.05, 4.69) is 4.99 Å². The van der Waals surface area contributed by atoms with Gasteiger partial charge in [0.2, 0.25) is 0 Å². The molecule has 0 bridgehead atoms. The van der Waals surface area contributed by atoms with E-state index in [1.54, 1.807) is 0 Å². The number of guanidine groups is 1. The fourth-order valence-electron chi connectivity index (χ4n) is 0.869. The minimum atomic E-state index is -2.49. The maximum absolute atomic E-state index is 11.5. The fourth-order valence-corrected chi connectivity index (χ4v) is 1.36. The minimum absolute atomic E-state index is 0.0293. The van der Waals surface area contributed by atoms with Crippen LogP contribution in [-0.2, 0) is 11.2 Å². The van der Waals surface area contributed by atoms with Crippen LogP contribution in [0.4, 0.5) is 0 Å². The van der Waals surface area contributed by atoms with Gasteiger partial charge in [0.15, 0.2) is 5.96 Å². The van der Waals surface area contributed by atoms with E-state index in [1.165, 1.54) is 18.2 Å². The number of carbonyl (C=O) groups excluding carboxylic acids is 1. The molecule has 0 atom stereocenters.